The summed E-state index contributed by atoms with van der Waals surface area (Å²) in [5.74, 6) is -0.693. The van der Waals surface area contributed by atoms with Crippen molar-refractivity contribution < 1.29 is 24.2 Å². The van der Waals surface area contributed by atoms with Gasteiger partial charge in [-0.25, -0.2) is 4.79 Å². The Morgan fingerprint density at radius 2 is 1.66 bits per heavy atom. The summed E-state index contributed by atoms with van der Waals surface area (Å²) in [5.41, 5.74) is 4.66. The molecule has 2 aromatic rings. The minimum atomic E-state index is -0.885. The van der Waals surface area contributed by atoms with Gasteiger partial charge in [-0.1, -0.05) is 61.4 Å². The van der Waals surface area contributed by atoms with Gasteiger partial charge in [-0.15, -0.1) is 11.8 Å². The van der Waals surface area contributed by atoms with E-state index in [2.05, 4.69) is 29.6 Å². The number of benzene rings is 2. The third kappa shape index (κ3) is 4.89. The summed E-state index contributed by atoms with van der Waals surface area (Å²) in [6, 6.07) is 16.1. The van der Waals surface area contributed by atoms with Crippen LogP contribution in [0.4, 0.5) is 4.79 Å². The van der Waals surface area contributed by atoms with E-state index < -0.39 is 17.3 Å². The third-order valence-electron chi connectivity index (χ3n) is 7.38. The van der Waals surface area contributed by atoms with Gasteiger partial charge in [-0.3, -0.25) is 9.59 Å². The van der Waals surface area contributed by atoms with Gasteiger partial charge in [0.25, 0.3) is 0 Å². The van der Waals surface area contributed by atoms with E-state index in [1.165, 1.54) is 22.9 Å². The number of fused-ring (bicyclic) bond motifs is 3. The van der Waals surface area contributed by atoms with Crippen LogP contribution in [0.2, 0.25) is 0 Å². The van der Waals surface area contributed by atoms with E-state index in [9.17, 15) is 19.5 Å². The van der Waals surface area contributed by atoms with Gasteiger partial charge in [0.1, 0.15) is 11.9 Å². The molecule has 2 fully saturated rings. The van der Waals surface area contributed by atoms with Crippen molar-refractivity contribution in [3.05, 3.63) is 59.7 Å². The third-order valence-corrected chi connectivity index (χ3v) is 8.55. The molecule has 7 nitrogen and oxygen atoms in total. The lowest BCUT2D eigenvalue weighted by atomic mass is 9.83. The van der Waals surface area contributed by atoms with Crippen molar-refractivity contribution in [3.8, 4) is 11.1 Å². The minimum Gasteiger partial charge on any atom is -0.480 e. The first-order valence-corrected chi connectivity index (χ1v) is 13.3. The molecular weight excluding hydrogens is 464 g/mol. The SMILES string of the molecule is O=C(N[C@@H]1CCCC[C@@H]1C(=O)N1CCSC(C(=O)O)C1)OCC1c2ccccc2-c2ccccc21. The van der Waals surface area contributed by atoms with Crippen molar-refractivity contribution in [1.82, 2.24) is 10.2 Å². The summed E-state index contributed by atoms with van der Waals surface area (Å²) < 4.78 is 5.71. The zero-order chi connectivity index (χ0) is 24.4. The molecule has 0 spiro atoms. The summed E-state index contributed by atoms with van der Waals surface area (Å²) in [4.78, 5) is 39.2. The summed E-state index contributed by atoms with van der Waals surface area (Å²) in [5, 5.41) is 11.7. The van der Waals surface area contributed by atoms with Crippen molar-refractivity contribution >= 4 is 29.7 Å². The molecule has 0 aromatic heterocycles. The molecular formula is C27H30N2O5S. The van der Waals surface area contributed by atoms with Gasteiger partial charge < -0.3 is 20.1 Å². The van der Waals surface area contributed by atoms with Gasteiger partial charge in [-0.05, 0) is 35.1 Å². The Morgan fingerprint density at radius 3 is 2.34 bits per heavy atom. The molecule has 1 saturated carbocycles. The molecule has 2 aromatic carbocycles. The summed E-state index contributed by atoms with van der Waals surface area (Å²) in [7, 11) is 0. The number of carbonyl (C=O) groups is 3. The maximum Gasteiger partial charge on any atom is 0.407 e. The fraction of sp³-hybridized carbons (Fsp3) is 0.444. The number of ether oxygens (including phenoxy) is 1. The molecule has 1 saturated heterocycles. The number of amides is 2. The average molecular weight is 495 g/mol. The summed E-state index contributed by atoms with van der Waals surface area (Å²) >= 11 is 1.38. The van der Waals surface area contributed by atoms with Crippen LogP contribution in [0, 0.1) is 5.92 Å². The number of thioether (sulfide) groups is 1. The Bertz CT molecular complexity index is 1080. The predicted octanol–water partition coefficient (Wildman–Crippen LogP) is 4.11. The molecule has 2 amide bonds. The molecule has 3 atom stereocenters. The molecule has 0 bridgehead atoms. The molecule has 0 radical (unpaired) electrons. The average Bonchev–Trinajstić information content (AvgIpc) is 3.21. The number of nitrogens with zero attached hydrogens (tertiary/aromatic N) is 1. The Morgan fingerprint density at radius 1 is 1.00 bits per heavy atom. The molecule has 5 rings (SSSR count). The highest BCUT2D eigenvalue weighted by Gasteiger charge is 2.38. The number of carboxylic acid groups (broad SMARTS) is 1. The van der Waals surface area contributed by atoms with Crippen LogP contribution in [0.3, 0.4) is 0 Å². The van der Waals surface area contributed by atoms with E-state index in [1.54, 1.807) is 4.90 Å². The molecule has 1 unspecified atom stereocenters. The molecule has 184 valence electrons. The monoisotopic (exact) mass is 494 g/mol. The molecule has 3 aliphatic rings. The van der Waals surface area contributed by atoms with E-state index in [4.69, 9.17) is 4.74 Å². The van der Waals surface area contributed by atoms with E-state index in [1.807, 2.05) is 24.3 Å². The Kier molecular flexibility index (Phi) is 7.00. The van der Waals surface area contributed by atoms with Gasteiger partial charge in [0.15, 0.2) is 0 Å². The minimum absolute atomic E-state index is 0.0178. The van der Waals surface area contributed by atoms with Crippen LogP contribution in [-0.2, 0) is 14.3 Å². The second-order valence-electron chi connectivity index (χ2n) is 9.45. The lowest BCUT2D eigenvalue weighted by Gasteiger charge is -2.37. The van der Waals surface area contributed by atoms with Crippen molar-refractivity contribution in [3.63, 3.8) is 0 Å². The van der Waals surface area contributed by atoms with Crippen molar-refractivity contribution in [2.45, 2.75) is 42.9 Å². The van der Waals surface area contributed by atoms with Gasteiger partial charge >= 0.3 is 12.1 Å². The van der Waals surface area contributed by atoms with Crippen molar-refractivity contribution in [2.75, 3.05) is 25.4 Å². The van der Waals surface area contributed by atoms with Crippen LogP contribution in [0.15, 0.2) is 48.5 Å². The van der Waals surface area contributed by atoms with Crippen LogP contribution in [-0.4, -0.2) is 64.7 Å². The summed E-state index contributed by atoms with van der Waals surface area (Å²) in [6.45, 7) is 0.989. The maximum atomic E-state index is 13.3. The standard InChI is InChI=1S/C27H30N2O5S/c30-25(29-13-14-35-24(15-29)26(31)32)21-11-5-6-12-23(21)28-27(33)34-16-22-19-9-3-1-7-17(19)18-8-2-4-10-20(18)22/h1-4,7-10,21-24H,5-6,11-16H2,(H,28,33)(H,31,32)/t21-,23+,24?/m0/s1. The molecule has 1 aliphatic heterocycles. The lowest BCUT2D eigenvalue weighted by Crippen LogP contribution is -2.53. The van der Waals surface area contributed by atoms with Crippen LogP contribution >= 0.6 is 11.8 Å². The number of aliphatic carboxylic acids is 1. The van der Waals surface area contributed by atoms with Crippen LogP contribution in [0.1, 0.15) is 42.7 Å². The molecule has 35 heavy (non-hydrogen) atoms. The first-order valence-electron chi connectivity index (χ1n) is 12.3. The number of carboxylic acids is 1. The number of alkyl carbamates (subject to hydrolysis) is 1. The first kappa shape index (κ1) is 23.7. The topological polar surface area (TPSA) is 95.9 Å². The number of hydrogen-bond donors (Lipinski definition) is 2. The van der Waals surface area contributed by atoms with Gasteiger partial charge in [0.05, 0.1) is 5.92 Å². The molecule has 2 aliphatic carbocycles. The van der Waals surface area contributed by atoms with Crippen LogP contribution in [0.25, 0.3) is 11.1 Å². The predicted molar refractivity (Wildman–Crippen MR) is 134 cm³/mol. The molecule has 1 heterocycles. The Balaban J connectivity index is 1.22. The molecule has 2 N–H and O–H groups in total. The first-order chi connectivity index (χ1) is 17.0. The quantitative estimate of drug-likeness (QED) is 0.650. The van der Waals surface area contributed by atoms with E-state index >= 15 is 0 Å². The van der Waals surface area contributed by atoms with E-state index in [-0.39, 0.29) is 36.9 Å². The highest BCUT2D eigenvalue weighted by Crippen LogP contribution is 2.44. The normalized spacial score (nSPS) is 23.8. The number of rotatable bonds is 5. The van der Waals surface area contributed by atoms with E-state index in [0.717, 1.165) is 24.0 Å². The van der Waals surface area contributed by atoms with Crippen LogP contribution < -0.4 is 5.32 Å². The fourth-order valence-corrected chi connectivity index (χ4v) is 6.66. The molecule has 8 heteroatoms. The van der Waals surface area contributed by atoms with Gasteiger partial charge in [-0.2, -0.15) is 0 Å². The summed E-state index contributed by atoms with van der Waals surface area (Å²) in [6.07, 6.45) is 2.75. The van der Waals surface area contributed by atoms with Gasteiger partial charge in [0.2, 0.25) is 5.91 Å². The van der Waals surface area contributed by atoms with Crippen molar-refractivity contribution in [2.24, 2.45) is 5.92 Å². The smallest absolute Gasteiger partial charge is 0.407 e. The van der Waals surface area contributed by atoms with Crippen LogP contribution in [0.5, 0.6) is 0 Å². The second kappa shape index (κ2) is 10.3. The number of carbonyl (C=O) groups excluding carboxylic acids is 2. The maximum absolute atomic E-state index is 13.3. The fourth-order valence-electron chi connectivity index (χ4n) is 5.62. The van der Waals surface area contributed by atoms with Gasteiger partial charge in [0, 0.05) is 30.8 Å². The zero-order valence-corrected chi connectivity index (χ0v) is 20.3. The highest BCUT2D eigenvalue weighted by molar-refractivity contribution is 8.00. The Hall–Kier alpha value is -3.00. The number of nitrogens with one attached hydrogen (secondary N) is 1. The lowest BCUT2D eigenvalue weighted by molar-refractivity contribution is -0.140. The van der Waals surface area contributed by atoms with E-state index in [0.29, 0.717) is 25.1 Å². The largest absolute Gasteiger partial charge is 0.480 e. The Labute approximate surface area is 209 Å². The highest BCUT2D eigenvalue weighted by atomic mass is 32.2. The van der Waals surface area contributed by atoms with Crippen molar-refractivity contribution in [1.29, 1.82) is 0 Å². The zero-order valence-electron chi connectivity index (χ0n) is 19.5. The second-order valence-corrected chi connectivity index (χ2v) is 10.8. The number of hydrogen-bond acceptors (Lipinski definition) is 5.